The first-order chi connectivity index (χ1) is 16.0. The molecule has 0 spiro atoms. The van der Waals surface area contributed by atoms with Crippen LogP contribution in [0.1, 0.15) is 36.8 Å². The Hall–Kier alpha value is -3.39. The summed E-state index contributed by atoms with van der Waals surface area (Å²) in [5.74, 6) is -1.33. The Morgan fingerprint density at radius 3 is 2.27 bits per heavy atom. The van der Waals surface area contributed by atoms with E-state index in [1.54, 1.807) is 6.92 Å². The molecule has 2 N–H and O–H groups in total. The first kappa shape index (κ1) is 22.8. The summed E-state index contributed by atoms with van der Waals surface area (Å²) in [4.78, 5) is 37.3. The van der Waals surface area contributed by atoms with Crippen LogP contribution in [0.25, 0.3) is 11.1 Å². The molecule has 2 aromatic carbocycles. The number of rotatable bonds is 9. The number of nitrogens with zero attached hydrogens (tertiary/aromatic N) is 1. The van der Waals surface area contributed by atoms with E-state index >= 15 is 0 Å². The van der Waals surface area contributed by atoms with Crippen molar-refractivity contribution in [2.24, 2.45) is 0 Å². The zero-order valence-electron chi connectivity index (χ0n) is 18.5. The summed E-state index contributed by atoms with van der Waals surface area (Å²) < 4.78 is 11.1. The monoisotopic (exact) mass is 452 g/mol. The lowest BCUT2D eigenvalue weighted by molar-refractivity contribution is -0.158. The number of aliphatic carboxylic acids is 1. The van der Waals surface area contributed by atoms with Crippen LogP contribution in [0.3, 0.4) is 0 Å². The maximum atomic E-state index is 12.4. The quantitative estimate of drug-likeness (QED) is 0.606. The standard InChI is InChI=1S/C25H28N2O6/c1-2-32-16(13-23(28)27-12-11-22(27)24(29)30)14-26-25(31)33-15-21-19-9-5-3-7-17(19)18-8-4-6-10-20(18)21/h3-10,16,21-22H,2,11-15H2,1H3,(H,26,31)(H,29,30). The number of hydrogen-bond acceptors (Lipinski definition) is 5. The molecule has 2 unspecified atom stereocenters. The molecule has 8 heteroatoms. The number of benzene rings is 2. The van der Waals surface area contributed by atoms with Gasteiger partial charge in [0, 0.05) is 25.6 Å². The summed E-state index contributed by atoms with van der Waals surface area (Å²) in [6.07, 6.45) is -0.681. The predicted octanol–water partition coefficient (Wildman–Crippen LogP) is 3.01. The molecule has 2 aromatic rings. The van der Waals surface area contributed by atoms with Gasteiger partial charge in [-0.05, 0) is 35.6 Å². The Kier molecular flexibility index (Phi) is 6.93. The van der Waals surface area contributed by atoms with Gasteiger partial charge >= 0.3 is 12.1 Å². The number of alkyl carbamates (subject to hydrolysis) is 1. The molecule has 1 aliphatic carbocycles. The minimum Gasteiger partial charge on any atom is -0.480 e. The largest absolute Gasteiger partial charge is 0.480 e. The van der Waals surface area contributed by atoms with Crippen LogP contribution >= 0.6 is 0 Å². The molecule has 1 aliphatic heterocycles. The molecule has 0 aromatic heterocycles. The van der Waals surface area contributed by atoms with Gasteiger partial charge in [0.1, 0.15) is 12.6 Å². The van der Waals surface area contributed by atoms with Crippen LogP contribution < -0.4 is 5.32 Å². The van der Waals surface area contributed by atoms with E-state index in [-0.39, 0.29) is 31.4 Å². The highest BCUT2D eigenvalue weighted by atomic mass is 16.5. The lowest BCUT2D eigenvalue weighted by atomic mass is 9.98. The van der Waals surface area contributed by atoms with Crippen molar-refractivity contribution in [3.63, 3.8) is 0 Å². The molecule has 0 saturated carbocycles. The fourth-order valence-corrected chi connectivity index (χ4v) is 4.53. The van der Waals surface area contributed by atoms with Crippen molar-refractivity contribution in [2.45, 2.75) is 37.8 Å². The van der Waals surface area contributed by atoms with Crippen LogP contribution in [-0.4, -0.2) is 66.4 Å². The number of carboxylic acid groups (broad SMARTS) is 1. The van der Waals surface area contributed by atoms with Crippen molar-refractivity contribution in [3.05, 3.63) is 59.7 Å². The summed E-state index contributed by atoms with van der Waals surface area (Å²) in [5.41, 5.74) is 4.57. The molecule has 1 heterocycles. The number of carbonyl (C=O) groups is 3. The third-order valence-electron chi connectivity index (χ3n) is 6.25. The number of likely N-dealkylation sites (tertiary alicyclic amines) is 1. The molecular weight excluding hydrogens is 424 g/mol. The number of carboxylic acids is 1. The minimum atomic E-state index is -1.00. The fraction of sp³-hybridized carbons (Fsp3) is 0.400. The third-order valence-corrected chi connectivity index (χ3v) is 6.25. The Labute approximate surface area is 192 Å². The zero-order chi connectivity index (χ0) is 23.4. The number of carbonyl (C=O) groups excluding carboxylic acids is 2. The van der Waals surface area contributed by atoms with E-state index in [0.29, 0.717) is 19.6 Å². The summed E-state index contributed by atoms with van der Waals surface area (Å²) in [7, 11) is 0. The van der Waals surface area contributed by atoms with E-state index in [9.17, 15) is 14.4 Å². The van der Waals surface area contributed by atoms with E-state index in [0.717, 1.165) is 22.3 Å². The van der Waals surface area contributed by atoms with Crippen LogP contribution in [-0.2, 0) is 19.1 Å². The van der Waals surface area contributed by atoms with E-state index in [4.69, 9.17) is 14.6 Å². The maximum Gasteiger partial charge on any atom is 0.407 e. The van der Waals surface area contributed by atoms with Gasteiger partial charge in [-0.2, -0.15) is 0 Å². The highest BCUT2D eigenvalue weighted by Crippen LogP contribution is 2.44. The molecule has 33 heavy (non-hydrogen) atoms. The van der Waals surface area contributed by atoms with Crippen molar-refractivity contribution in [1.82, 2.24) is 10.2 Å². The SMILES string of the molecule is CCOC(CNC(=O)OCC1c2ccccc2-c2ccccc21)CC(=O)N1CCC1C(=O)O. The van der Waals surface area contributed by atoms with Gasteiger partial charge in [0.2, 0.25) is 5.91 Å². The number of hydrogen-bond donors (Lipinski definition) is 2. The molecule has 2 atom stereocenters. The highest BCUT2D eigenvalue weighted by molar-refractivity contribution is 5.85. The lowest BCUT2D eigenvalue weighted by Gasteiger charge is -2.38. The number of fused-ring (bicyclic) bond motifs is 3. The van der Waals surface area contributed by atoms with Gasteiger partial charge in [0.15, 0.2) is 0 Å². The van der Waals surface area contributed by atoms with Crippen molar-refractivity contribution in [1.29, 1.82) is 0 Å². The normalized spacial score (nSPS) is 17.5. The van der Waals surface area contributed by atoms with Crippen LogP contribution in [0.5, 0.6) is 0 Å². The number of ether oxygens (including phenoxy) is 2. The molecule has 1 saturated heterocycles. The first-order valence-corrected chi connectivity index (χ1v) is 11.2. The average molecular weight is 453 g/mol. The molecular formula is C25H28N2O6. The Morgan fingerprint density at radius 2 is 1.73 bits per heavy atom. The average Bonchev–Trinajstić information content (AvgIpc) is 3.09. The van der Waals surface area contributed by atoms with Gasteiger partial charge < -0.3 is 24.8 Å². The molecule has 1 fully saturated rings. The van der Waals surface area contributed by atoms with E-state index < -0.39 is 24.2 Å². The third kappa shape index (κ3) is 4.85. The molecule has 4 rings (SSSR count). The topological polar surface area (TPSA) is 105 Å². The molecule has 8 nitrogen and oxygen atoms in total. The predicted molar refractivity (Wildman–Crippen MR) is 121 cm³/mol. The summed E-state index contributed by atoms with van der Waals surface area (Å²) in [5, 5.41) is 11.8. The van der Waals surface area contributed by atoms with Gasteiger partial charge in [0.05, 0.1) is 12.5 Å². The van der Waals surface area contributed by atoms with E-state index in [1.807, 2.05) is 24.3 Å². The van der Waals surface area contributed by atoms with Gasteiger partial charge in [-0.15, -0.1) is 0 Å². The summed E-state index contributed by atoms with van der Waals surface area (Å²) in [6.45, 7) is 2.89. The van der Waals surface area contributed by atoms with Crippen LogP contribution in [0, 0.1) is 0 Å². The first-order valence-electron chi connectivity index (χ1n) is 11.2. The highest BCUT2D eigenvalue weighted by Gasteiger charge is 2.38. The van der Waals surface area contributed by atoms with Crippen LogP contribution in [0.2, 0.25) is 0 Å². The summed E-state index contributed by atoms with van der Waals surface area (Å²) >= 11 is 0. The van der Waals surface area contributed by atoms with E-state index in [1.165, 1.54) is 4.90 Å². The minimum absolute atomic E-state index is 0.00127. The van der Waals surface area contributed by atoms with Crippen molar-refractivity contribution >= 4 is 18.0 Å². The smallest absolute Gasteiger partial charge is 0.407 e. The van der Waals surface area contributed by atoms with Gasteiger partial charge in [0.25, 0.3) is 0 Å². The Morgan fingerprint density at radius 1 is 1.09 bits per heavy atom. The molecule has 0 bridgehead atoms. The number of amides is 2. The molecule has 2 amide bonds. The van der Waals surface area contributed by atoms with Crippen molar-refractivity contribution in [2.75, 3.05) is 26.3 Å². The molecule has 2 aliphatic rings. The second-order valence-electron chi connectivity index (χ2n) is 8.22. The van der Waals surface area contributed by atoms with Gasteiger partial charge in [-0.25, -0.2) is 9.59 Å². The van der Waals surface area contributed by atoms with Crippen molar-refractivity contribution in [3.8, 4) is 11.1 Å². The van der Waals surface area contributed by atoms with Gasteiger partial charge in [-0.1, -0.05) is 48.5 Å². The second kappa shape index (κ2) is 10.0. The second-order valence-corrected chi connectivity index (χ2v) is 8.22. The summed E-state index contributed by atoms with van der Waals surface area (Å²) in [6, 6.07) is 15.4. The Balaban J connectivity index is 1.30. The molecule has 0 radical (unpaired) electrons. The molecule has 174 valence electrons. The van der Waals surface area contributed by atoms with Gasteiger partial charge in [-0.3, -0.25) is 4.79 Å². The van der Waals surface area contributed by atoms with Crippen LogP contribution in [0.4, 0.5) is 4.79 Å². The maximum absolute atomic E-state index is 12.4. The fourth-order valence-electron chi connectivity index (χ4n) is 4.53. The van der Waals surface area contributed by atoms with Crippen molar-refractivity contribution < 1.29 is 29.0 Å². The Bertz CT molecular complexity index is 994. The lowest BCUT2D eigenvalue weighted by Crippen LogP contribution is -2.56. The number of nitrogens with one attached hydrogen (secondary N) is 1. The van der Waals surface area contributed by atoms with E-state index in [2.05, 4.69) is 29.6 Å². The van der Waals surface area contributed by atoms with Crippen LogP contribution in [0.15, 0.2) is 48.5 Å². The zero-order valence-corrected chi connectivity index (χ0v) is 18.5.